The molecule has 7 nitrogen and oxygen atoms in total. The molecule has 1 aromatic rings. The average Bonchev–Trinajstić information content (AvgIpc) is 3.04. The third-order valence-electron chi connectivity index (χ3n) is 4.25. The smallest absolute Gasteiger partial charge is 0.217 e. The first kappa shape index (κ1) is 21.7. The van der Waals surface area contributed by atoms with Crippen molar-refractivity contribution < 1.29 is 4.79 Å². The summed E-state index contributed by atoms with van der Waals surface area (Å²) in [6, 6.07) is 1.94. The molecule has 0 saturated carbocycles. The Hall–Kier alpha value is -1.32. The predicted molar refractivity (Wildman–Crippen MR) is 111 cm³/mol. The second kappa shape index (κ2) is 11.3. The summed E-state index contributed by atoms with van der Waals surface area (Å²) in [5.74, 6) is 1.47. The van der Waals surface area contributed by atoms with Crippen LogP contribution in [-0.2, 0) is 11.3 Å². The molecular formula is C17H31IN6O. The number of carbonyl (C=O) groups excluding carboxylic acids is 1. The number of carbonyl (C=O) groups is 1. The van der Waals surface area contributed by atoms with Gasteiger partial charge in [0.1, 0.15) is 0 Å². The number of likely N-dealkylation sites (tertiary alicyclic amines) is 1. The van der Waals surface area contributed by atoms with Gasteiger partial charge in [-0.05, 0) is 37.7 Å². The minimum Gasteiger partial charge on any atom is -0.370 e. The molecule has 1 fully saturated rings. The summed E-state index contributed by atoms with van der Waals surface area (Å²) in [4.78, 5) is 18.3. The monoisotopic (exact) mass is 462 g/mol. The molecule has 2 rings (SSSR count). The molecule has 0 aromatic carbocycles. The highest BCUT2D eigenvalue weighted by Crippen LogP contribution is 2.19. The summed E-state index contributed by atoms with van der Waals surface area (Å²) in [7, 11) is 0. The maximum Gasteiger partial charge on any atom is 0.217 e. The van der Waals surface area contributed by atoms with Crippen LogP contribution in [0.2, 0.25) is 0 Å². The minimum atomic E-state index is -0.211. The van der Waals surface area contributed by atoms with Crippen LogP contribution in [0.15, 0.2) is 23.5 Å². The van der Waals surface area contributed by atoms with E-state index >= 15 is 0 Å². The fourth-order valence-electron chi connectivity index (χ4n) is 3.16. The highest BCUT2D eigenvalue weighted by molar-refractivity contribution is 14.0. The number of rotatable bonds is 7. The first-order valence-corrected chi connectivity index (χ1v) is 8.87. The van der Waals surface area contributed by atoms with Crippen LogP contribution in [0.4, 0.5) is 0 Å². The van der Waals surface area contributed by atoms with Gasteiger partial charge in [-0.3, -0.25) is 14.5 Å². The van der Waals surface area contributed by atoms with Gasteiger partial charge >= 0.3 is 0 Å². The second-order valence-corrected chi connectivity index (χ2v) is 6.65. The van der Waals surface area contributed by atoms with Crippen molar-refractivity contribution in [1.82, 2.24) is 20.0 Å². The summed E-state index contributed by atoms with van der Waals surface area (Å²) in [6.07, 6.45) is 6.38. The largest absolute Gasteiger partial charge is 0.370 e. The van der Waals surface area contributed by atoms with Gasteiger partial charge in [-0.2, -0.15) is 5.10 Å². The van der Waals surface area contributed by atoms with E-state index in [1.54, 1.807) is 6.20 Å². The van der Waals surface area contributed by atoms with E-state index < -0.39 is 0 Å². The van der Waals surface area contributed by atoms with Crippen LogP contribution in [0, 0.1) is 11.8 Å². The predicted octanol–water partition coefficient (Wildman–Crippen LogP) is 1.69. The first-order valence-electron chi connectivity index (χ1n) is 8.87. The Morgan fingerprint density at radius 3 is 2.96 bits per heavy atom. The van der Waals surface area contributed by atoms with Crippen LogP contribution in [0.5, 0.6) is 0 Å². The van der Waals surface area contributed by atoms with E-state index in [1.165, 1.54) is 0 Å². The van der Waals surface area contributed by atoms with E-state index in [0.29, 0.717) is 18.3 Å². The minimum absolute atomic E-state index is 0. The molecule has 1 aromatic heterocycles. The maximum absolute atomic E-state index is 11.2. The van der Waals surface area contributed by atoms with Gasteiger partial charge < -0.3 is 16.0 Å². The van der Waals surface area contributed by atoms with E-state index in [9.17, 15) is 4.79 Å². The van der Waals surface area contributed by atoms with Crippen LogP contribution in [0.25, 0.3) is 0 Å². The number of primary amides is 1. The third kappa shape index (κ3) is 7.62. The van der Waals surface area contributed by atoms with E-state index in [-0.39, 0.29) is 29.9 Å². The standard InChI is InChI=1S/C17H30N6O.HI/c1-3-19-17(20-11-14(2)12-23-9-5-7-21-23)22-8-4-6-15(13-22)10-16(18)24;/h5,7,9,14-15H,3-4,6,8,10-13H2,1-2H3,(H2,18,24)(H,19,20);1H. The number of aliphatic imine (C=N–C) groups is 1. The summed E-state index contributed by atoms with van der Waals surface area (Å²) in [6.45, 7) is 8.54. The third-order valence-corrected chi connectivity index (χ3v) is 4.25. The lowest BCUT2D eigenvalue weighted by atomic mass is 9.95. The lowest BCUT2D eigenvalue weighted by Crippen LogP contribution is -2.47. The highest BCUT2D eigenvalue weighted by Gasteiger charge is 2.23. The number of guanidine groups is 1. The van der Waals surface area contributed by atoms with Crippen molar-refractivity contribution in [2.75, 3.05) is 26.2 Å². The number of hydrogen-bond donors (Lipinski definition) is 2. The molecular weight excluding hydrogens is 431 g/mol. The SMILES string of the molecule is CCNC(=NCC(C)Cn1cccn1)N1CCCC(CC(N)=O)C1.I. The molecule has 8 heteroatoms. The maximum atomic E-state index is 11.2. The molecule has 2 atom stereocenters. The van der Waals surface area contributed by atoms with Gasteiger partial charge in [0, 0.05) is 51.5 Å². The summed E-state index contributed by atoms with van der Waals surface area (Å²) >= 11 is 0. The second-order valence-electron chi connectivity index (χ2n) is 6.65. The Balaban J connectivity index is 0.00000312. The van der Waals surface area contributed by atoms with Crippen molar-refractivity contribution in [3.63, 3.8) is 0 Å². The molecule has 2 unspecified atom stereocenters. The Morgan fingerprint density at radius 1 is 1.52 bits per heavy atom. The molecule has 1 saturated heterocycles. The Bertz CT molecular complexity index is 533. The molecule has 0 spiro atoms. The van der Waals surface area contributed by atoms with Crippen LogP contribution in [0.1, 0.15) is 33.1 Å². The molecule has 1 aliphatic rings. The fourth-order valence-corrected chi connectivity index (χ4v) is 3.16. The van der Waals surface area contributed by atoms with Gasteiger partial charge in [-0.1, -0.05) is 6.92 Å². The number of piperidine rings is 1. The van der Waals surface area contributed by atoms with Crippen LogP contribution in [-0.4, -0.2) is 52.7 Å². The molecule has 1 amide bonds. The van der Waals surface area contributed by atoms with Crippen molar-refractivity contribution in [2.45, 2.75) is 39.7 Å². The lowest BCUT2D eigenvalue weighted by Gasteiger charge is -2.34. The zero-order valence-electron chi connectivity index (χ0n) is 15.2. The number of halogens is 1. The number of nitrogens with zero attached hydrogens (tertiary/aromatic N) is 4. The first-order chi connectivity index (χ1) is 11.6. The summed E-state index contributed by atoms with van der Waals surface area (Å²) < 4.78 is 1.94. The molecule has 3 N–H and O–H groups in total. The average molecular weight is 462 g/mol. The van der Waals surface area contributed by atoms with Gasteiger partial charge in [0.05, 0.1) is 0 Å². The molecule has 0 bridgehead atoms. The van der Waals surface area contributed by atoms with Crippen molar-refractivity contribution >= 4 is 35.8 Å². The van der Waals surface area contributed by atoms with Gasteiger partial charge in [0.2, 0.25) is 5.91 Å². The number of nitrogens with two attached hydrogens (primary N) is 1. The number of hydrogen-bond acceptors (Lipinski definition) is 3. The summed E-state index contributed by atoms with van der Waals surface area (Å²) in [5.41, 5.74) is 5.35. The van der Waals surface area contributed by atoms with Gasteiger partial charge in [-0.25, -0.2) is 0 Å². The van der Waals surface area contributed by atoms with E-state index in [0.717, 1.165) is 51.5 Å². The van der Waals surface area contributed by atoms with Crippen molar-refractivity contribution in [3.8, 4) is 0 Å². The molecule has 142 valence electrons. The molecule has 0 radical (unpaired) electrons. The van der Waals surface area contributed by atoms with Crippen molar-refractivity contribution in [3.05, 3.63) is 18.5 Å². The van der Waals surface area contributed by atoms with Gasteiger partial charge in [0.15, 0.2) is 5.96 Å². The molecule has 1 aliphatic heterocycles. The highest BCUT2D eigenvalue weighted by atomic mass is 127. The van der Waals surface area contributed by atoms with Crippen molar-refractivity contribution in [2.24, 2.45) is 22.6 Å². The van der Waals surface area contributed by atoms with Gasteiger partial charge in [-0.15, -0.1) is 24.0 Å². The zero-order chi connectivity index (χ0) is 17.4. The van der Waals surface area contributed by atoms with E-state index in [4.69, 9.17) is 10.7 Å². The molecule has 2 heterocycles. The van der Waals surface area contributed by atoms with Crippen LogP contribution in [0.3, 0.4) is 0 Å². The lowest BCUT2D eigenvalue weighted by molar-refractivity contribution is -0.119. The zero-order valence-corrected chi connectivity index (χ0v) is 17.6. The van der Waals surface area contributed by atoms with Crippen LogP contribution >= 0.6 is 24.0 Å². The topological polar surface area (TPSA) is 88.5 Å². The Labute approximate surface area is 167 Å². The molecule has 25 heavy (non-hydrogen) atoms. The number of amides is 1. The Morgan fingerprint density at radius 2 is 2.32 bits per heavy atom. The molecule has 0 aliphatic carbocycles. The fraction of sp³-hybridized carbons (Fsp3) is 0.706. The normalized spacial score (nSPS) is 19.2. The number of aromatic nitrogens is 2. The quantitative estimate of drug-likeness (QED) is 0.367. The van der Waals surface area contributed by atoms with E-state index in [2.05, 4.69) is 29.2 Å². The van der Waals surface area contributed by atoms with Crippen LogP contribution < -0.4 is 11.1 Å². The summed E-state index contributed by atoms with van der Waals surface area (Å²) in [5, 5.41) is 7.62. The van der Waals surface area contributed by atoms with E-state index in [1.807, 2.05) is 16.9 Å². The van der Waals surface area contributed by atoms with Gasteiger partial charge in [0.25, 0.3) is 0 Å². The Kier molecular flexibility index (Phi) is 9.84. The number of nitrogens with one attached hydrogen (secondary N) is 1. The van der Waals surface area contributed by atoms with Crippen molar-refractivity contribution in [1.29, 1.82) is 0 Å².